The summed E-state index contributed by atoms with van der Waals surface area (Å²) in [6.45, 7) is 15.4. The van der Waals surface area contributed by atoms with E-state index in [1.807, 2.05) is 0 Å². The van der Waals surface area contributed by atoms with Gasteiger partial charge in [0.05, 0.1) is 13.2 Å². The van der Waals surface area contributed by atoms with E-state index in [4.69, 9.17) is 4.74 Å². The van der Waals surface area contributed by atoms with Crippen molar-refractivity contribution in [3.63, 3.8) is 0 Å². The first-order valence-corrected chi connectivity index (χ1v) is 8.00. The van der Waals surface area contributed by atoms with Gasteiger partial charge in [0.15, 0.2) is 0 Å². The van der Waals surface area contributed by atoms with E-state index in [-0.39, 0.29) is 0 Å². The van der Waals surface area contributed by atoms with E-state index in [2.05, 4.69) is 30.6 Å². The Morgan fingerprint density at radius 1 is 1.05 bits per heavy atom. The van der Waals surface area contributed by atoms with Crippen LogP contribution in [0, 0.1) is 10.8 Å². The molecule has 2 unspecified atom stereocenters. The lowest BCUT2D eigenvalue weighted by atomic mass is 9.65. The molecule has 0 amide bonds. The van der Waals surface area contributed by atoms with Crippen molar-refractivity contribution in [2.45, 2.75) is 46.1 Å². The molecule has 0 spiro atoms. The number of hydrogen-bond acceptors (Lipinski definition) is 3. The molecular weight excluding hydrogens is 236 g/mol. The minimum absolute atomic E-state index is 0.547. The molecule has 2 atom stereocenters. The molecule has 0 radical (unpaired) electrons. The maximum absolute atomic E-state index is 5.43. The van der Waals surface area contributed by atoms with Crippen LogP contribution in [0.3, 0.4) is 0 Å². The summed E-state index contributed by atoms with van der Waals surface area (Å²) in [7, 11) is 0. The molecule has 3 fully saturated rings. The van der Waals surface area contributed by atoms with Gasteiger partial charge in [-0.2, -0.15) is 0 Å². The topological polar surface area (TPSA) is 15.7 Å². The first kappa shape index (κ1) is 13.8. The smallest absolute Gasteiger partial charge is 0.0594 e. The maximum atomic E-state index is 5.43. The predicted octanol–water partition coefficient (Wildman–Crippen LogP) is 2.22. The fourth-order valence-electron chi connectivity index (χ4n) is 4.93. The van der Waals surface area contributed by atoms with E-state index >= 15 is 0 Å². The average Bonchev–Trinajstić information content (AvgIpc) is 2.57. The molecule has 3 heteroatoms. The van der Waals surface area contributed by atoms with E-state index in [1.165, 1.54) is 38.9 Å². The van der Waals surface area contributed by atoms with Gasteiger partial charge < -0.3 is 4.74 Å². The van der Waals surface area contributed by atoms with Crippen molar-refractivity contribution in [3.05, 3.63) is 0 Å². The Morgan fingerprint density at radius 2 is 1.79 bits per heavy atom. The van der Waals surface area contributed by atoms with Gasteiger partial charge in [0, 0.05) is 38.8 Å². The van der Waals surface area contributed by atoms with Crippen LogP contribution in [0.25, 0.3) is 0 Å². The van der Waals surface area contributed by atoms with Crippen LogP contribution in [0.2, 0.25) is 0 Å². The molecule has 0 aromatic carbocycles. The summed E-state index contributed by atoms with van der Waals surface area (Å²) < 4.78 is 5.43. The highest BCUT2D eigenvalue weighted by molar-refractivity contribution is 5.02. The molecule has 2 bridgehead atoms. The Kier molecular flexibility index (Phi) is 3.65. The minimum atomic E-state index is 0.547. The van der Waals surface area contributed by atoms with E-state index in [0.717, 1.165) is 32.3 Å². The lowest BCUT2D eigenvalue weighted by molar-refractivity contribution is 0.0320. The van der Waals surface area contributed by atoms with Gasteiger partial charge in [0.1, 0.15) is 0 Å². The second kappa shape index (κ2) is 5.01. The summed E-state index contributed by atoms with van der Waals surface area (Å²) in [4.78, 5) is 5.35. The molecule has 0 N–H and O–H groups in total. The van der Waals surface area contributed by atoms with Crippen LogP contribution in [0.4, 0.5) is 0 Å². The normalized spacial score (nSPS) is 39.6. The van der Waals surface area contributed by atoms with Crippen molar-refractivity contribution >= 4 is 0 Å². The second-order valence-electron chi connectivity index (χ2n) is 8.14. The van der Waals surface area contributed by atoms with Gasteiger partial charge in [-0.3, -0.25) is 9.80 Å². The Bertz CT molecular complexity index is 325. The summed E-state index contributed by atoms with van der Waals surface area (Å²) in [5, 5.41) is 0. The SMILES string of the molecule is CC1(C)CC2CC(C)(CN2CCN2CCOCC2)C1. The summed E-state index contributed by atoms with van der Waals surface area (Å²) in [5.74, 6) is 0. The number of likely N-dealkylation sites (tertiary alicyclic amines) is 1. The van der Waals surface area contributed by atoms with E-state index in [9.17, 15) is 0 Å². The van der Waals surface area contributed by atoms with Crippen LogP contribution in [0.15, 0.2) is 0 Å². The molecule has 1 saturated carbocycles. The molecule has 2 saturated heterocycles. The number of fused-ring (bicyclic) bond motifs is 2. The summed E-state index contributed by atoms with van der Waals surface area (Å²) in [5.41, 5.74) is 1.13. The van der Waals surface area contributed by atoms with Crippen LogP contribution in [-0.2, 0) is 4.74 Å². The first-order valence-electron chi connectivity index (χ1n) is 8.00. The summed E-state index contributed by atoms with van der Waals surface area (Å²) >= 11 is 0. The average molecular weight is 266 g/mol. The molecule has 110 valence electrons. The number of morpholine rings is 1. The van der Waals surface area contributed by atoms with Gasteiger partial charge in [0.25, 0.3) is 0 Å². The summed E-state index contributed by atoms with van der Waals surface area (Å²) in [6.07, 6.45) is 4.23. The third kappa shape index (κ3) is 3.14. The first-order chi connectivity index (χ1) is 8.96. The molecule has 2 heterocycles. The zero-order valence-corrected chi connectivity index (χ0v) is 13.0. The van der Waals surface area contributed by atoms with Gasteiger partial charge >= 0.3 is 0 Å². The van der Waals surface area contributed by atoms with Crippen molar-refractivity contribution in [2.24, 2.45) is 10.8 Å². The monoisotopic (exact) mass is 266 g/mol. The molecule has 1 aliphatic carbocycles. The van der Waals surface area contributed by atoms with E-state index in [0.29, 0.717) is 10.8 Å². The fraction of sp³-hybridized carbons (Fsp3) is 1.00. The minimum Gasteiger partial charge on any atom is -0.379 e. The second-order valence-corrected chi connectivity index (χ2v) is 8.14. The van der Waals surface area contributed by atoms with Gasteiger partial charge in [-0.1, -0.05) is 20.8 Å². The van der Waals surface area contributed by atoms with Crippen molar-refractivity contribution < 1.29 is 4.74 Å². The zero-order valence-electron chi connectivity index (χ0n) is 13.0. The van der Waals surface area contributed by atoms with E-state index in [1.54, 1.807) is 0 Å². The van der Waals surface area contributed by atoms with Gasteiger partial charge in [-0.05, 0) is 30.1 Å². The Labute approximate surface area is 118 Å². The number of rotatable bonds is 3. The molecule has 3 rings (SSSR count). The molecular formula is C16H30N2O. The van der Waals surface area contributed by atoms with Crippen molar-refractivity contribution in [3.8, 4) is 0 Å². The molecule has 0 aromatic rings. The van der Waals surface area contributed by atoms with Crippen LogP contribution in [0.1, 0.15) is 40.0 Å². The fourth-order valence-corrected chi connectivity index (χ4v) is 4.93. The Hall–Kier alpha value is -0.120. The number of nitrogens with zero attached hydrogens (tertiary/aromatic N) is 2. The zero-order chi connectivity index (χ0) is 13.5. The quantitative estimate of drug-likeness (QED) is 0.779. The molecule has 0 aromatic heterocycles. The van der Waals surface area contributed by atoms with Crippen LogP contribution in [0.5, 0.6) is 0 Å². The van der Waals surface area contributed by atoms with Crippen molar-refractivity contribution in [1.29, 1.82) is 0 Å². The third-order valence-electron chi connectivity index (χ3n) is 5.33. The number of ether oxygens (including phenoxy) is 1. The lowest BCUT2D eigenvalue weighted by Crippen LogP contribution is -2.43. The van der Waals surface area contributed by atoms with Gasteiger partial charge in [-0.25, -0.2) is 0 Å². The standard InChI is InChI=1S/C16H30N2O/c1-15(2)10-14-11-16(3,12-15)13-18(14)5-4-17-6-8-19-9-7-17/h14H,4-13H2,1-3H3. The van der Waals surface area contributed by atoms with Gasteiger partial charge in [0.2, 0.25) is 0 Å². The van der Waals surface area contributed by atoms with Crippen molar-refractivity contribution in [2.75, 3.05) is 45.9 Å². The highest BCUT2D eigenvalue weighted by Gasteiger charge is 2.49. The summed E-state index contributed by atoms with van der Waals surface area (Å²) in [6, 6.07) is 0.842. The predicted molar refractivity (Wildman–Crippen MR) is 78.4 cm³/mol. The largest absolute Gasteiger partial charge is 0.379 e. The third-order valence-corrected chi connectivity index (χ3v) is 5.33. The molecule has 19 heavy (non-hydrogen) atoms. The van der Waals surface area contributed by atoms with Gasteiger partial charge in [-0.15, -0.1) is 0 Å². The van der Waals surface area contributed by atoms with Crippen LogP contribution >= 0.6 is 0 Å². The van der Waals surface area contributed by atoms with E-state index < -0.39 is 0 Å². The Balaban J connectivity index is 1.55. The van der Waals surface area contributed by atoms with Crippen LogP contribution < -0.4 is 0 Å². The highest BCUT2D eigenvalue weighted by atomic mass is 16.5. The molecule has 3 nitrogen and oxygen atoms in total. The maximum Gasteiger partial charge on any atom is 0.0594 e. The highest BCUT2D eigenvalue weighted by Crippen LogP contribution is 2.52. The van der Waals surface area contributed by atoms with Crippen LogP contribution in [-0.4, -0.2) is 61.8 Å². The lowest BCUT2D eigenvalue weighted by Gasteiger charge is -2.40. The molecule has 2 aliphatic heterocycles. The number of hydrogen-bond donors (Lipinski definition) is 0. The molecule has 3 aliphatic rings. The van der Waals surface area contributed by atoms with Crippen molar-refractivity contribution in [1.82, 2.24) is 9.80 Å². The Morgan fingerprint density at radius 3 is 2.53 bits per heavy atom.